The zero-order valence-corrected chi connectivity index (χ0v) is 23.7. The van der Waals surface area contributed by atoms with Crippen LogP contribution in [0.15, 0.2) is 30.3 Å². The molecule has 2 aliphatic heterocycles. The zero-order valence-electron chi connectivity index (χ0n) is 23.7. The van der Waals surface area contributed by atoms with E-state index in [9.17, 15) is 18.4 Å². The maximum absolute atomic E-state index is 13.7. The Morgan fingerprint density at radius 3 is 2.20 bits per heavy atom. The molecule has 0 N–H and O–H groups in total. The predicted octanol–water partition coefficient (Wildman–Crippen LogP) is 4.32. The zero-order chi connectivity index (χ0) is 29.2. The lowest BCUT2D eigenvalue weighted by Crippen LogP contribution is -2.34. The summed E-state index contributed by atoms with van der Waals surface area (Å²) in [6.45, 7) is 5.68. The molecule has 41 heavy (non-hydrogen) atoms. The molecule has 0 spiro atoms. The van der Waals surface area contributed by atoms with Crippen LogP contribution in [-0.4, -0.2) is 94.5 Å². The Kier molecular flexibility index (Phi) is 11.1. The molecule has 4 rings (SSSR count). The highest BCUT2D eigenvalue weighted by molar-refractivity contribution is 5.91. The maximum atomic E-state index is 13.7. The molecule has 0 saturated carbocycles. The van der Waals surface area contributed by atoms with Crippen molar-refractivity contribution in [3.63, 3.8) is 0 Å². The Labute approximate surface area is 239 Å². The number of methoxy groups -OCH3 is 2. The molecule has 3 atom stereocenters. The third-order valence-electron chi connectivity index (χ3n) is 7.28. The van der Waals surface area contributed by atoms with Gasteiger partial charge < -0.3 is 33.5 Å². The number of esters is 2. The number of hydrogen-bond donors (Lipinski definition) is 0. The summed E-state index contributed by atoms with van der Waals surface area (Å²) < 4.78 is 55.6. The second-order valence-electron chi connectivity index (χ2n) is 10.2. The quantitative estimate of drug-likeness (QED) is 0.494. The van der Waals surface area contributed by atoms with E-state index in [1.165, 1.54) is 14.2 Å². The van der Waals surface area contributed by atoms with Crippen LogP contribution in [0, 0.1) is 11.6 Å². The molecule has 1 fully saturated rings. The van der Waals surface area contributed by atoms with Crippen molar-refractivity contribution < 1.29 is 42.1 Å². The smallest absolute Gasteiger partial charge is 0.338 e. The minimum atomic E-state index is -0.838. The van der Waals surface area contributed by atoms with Gasteiger partial charge in [0.15, 0.2) is 11.5 Å². The Morgan fingerprint density at radius 1 is 0.805 bits per heavy atom. The van der Waals surface area contributed by atoms with E-state index in [1.54, 1.807) is 12.1 Å². The Hall–Kier alpha value is -3.44. The van der Waals surface area contributed by atoms with E-state index >= 15 is 0 Å². The molecule has 2 heterocycles. The molecular formula is C30H38F2N2O7. The van der Waals surface area contributed by atoms with Gasteiger partial charge in [-0.2, -0.15) is 0 Å². The third-order valence-corrected chi connectivity index (χ3v) is 7.28. The number of ether oxygens (including phenoxy) is 5. The Balaban J connectivity index is 1.52. The monoisotopic (exact) mass is 576 g/mol. The largest absolute Gasteiger partial charge is 0.493 e. The first-order valence-corrected chi connectivity index (χ1v) is 14.0. The number of carbonyl (C=O) groups excluding carboxylic acids is 2. The van der Waals surface area contributed by atoms with E-state index in [0.717, 1.165) is 57.8 Å². The van der Waals surface area contributed by atoms with Crippen molar-refractivity contribution >= 4 is 11.9 Å². The van der Waals surface area contributed by atoms with Gasteiger partial charge in [-0.15, -0.1) is 0 Å². The maximum Gasteiger partial charge on any atom is 0.338 e. The van der Waals surface area contributed by atoms with E-state index in [4.69, 9.17) is 23.7 Å². The van der Waals surface area contributed by atoms with Crippen LogP contribution in [0.1, 0.15) is 52.8 Å². The molecule has 224 valence electrons. The summed E-state index contributed by atoms with van der Waals surface area (Å²) in [5, 5.41) is 0. The lowest BCUT2D eigenvalue weighted by Gasteiger charge is -2.24. The number of rotatable bonds is 4. The molecule has 9 nitrogen and oxygen atoms in total. The highest BCUT2D eigenvalue weighted by atomic mass is 19.1. The van der Waals surface area contributed by atoms with Gasteiger partial charge in [0.25, 0.3) is 0 Å². The first kappa shape index (κ1) is 30.5. The van der Waals surface area contributed by atoms with Gasteiger partial charge in [0, 0.05) is 32.2 Å². The van der Waals surface area contributed by atoms with Gasteiger partial charge in [-0.1, -0.05) is 0 Å². The van der Waals surface area contributed by atoms with Crippen LogP contribution in [0.2, 0.25) is 0 Å². The average molecular weight is 577 g/mol. The van der Waals surface area contributed by atoms with Gasteiger partial charge in [-0.05, 0) is 69.5 Å². The topological polar surface area (TPSA) is 86.8 Å². The van der Waals surface area contributed by atoms with Crippen LogP contribution in [0.25, 0.3) is 0 Å². The van der Waals surface area contributed by atoms with Gasteiger partial charge in [0.1, 0.15) is 17.7 Å². The fourth-order valence-electron chi connectivity index (χ4n) is 5.14. The fourth-order valence-corrected chi connectivity index (χ4v) is 5.14. The number of fused-ring (bicyclic) bond motifs is 5. The second kappa shape index (κ2) is 15.0. The summed E-state index contributed by atoms with van der Waals surface area (Å²) in [5.41, 5.74) is 0.121. The van der Waals surface area contributed by atoms with Crippen molar-refractivity contribution in [2.45, 2.75) is 38.2 Å². The summed E-state index contributed by atoms with van der Waals surface area (Å²) in [5.74, 6) is -1.91. The van der Waals surface area contributed by atoms with Gasteiger partial charge in [0.05, 0.1) is 38.6 Å². The van der Waals surface area contributed by atoms with E-state index in [2.05, 4.69) is 9.80 Å². The highest BCUT2D eigenvalue weighted by Crippen LogP contribution is 2.39. The molecule has 2 aliphatic rings. The van der Waals surface area contributed by atoms with Crippen LogP contribution < -0.4 is 14.2 Å². The molecule has 0 radical (unpaired) electrons. The number of halogens is 2. The second-order valence-corrected chi connectivity index (χ2v) is 10.2. The van der Waals surface area contributed by atoms with Crippen LogP contribution >= 0.6 is 0 Å². The van der Waals surface area contributed by atoms with E-state index in [-0.39, 0.29) is 17.7 Å². The Bertz CT molecular complexity index is 1180. The first-order chi connectivity index (χ1) is 19.9. The third kappa shape index (κ3) is 8.77. The molecular weight excluding hydrogens is 538 g/mol. The van der Waals surface area contributed by atoms with Crippen LogP contribution in [0.3, 0.4) is 0 Å². The minimum absolute atomic E-state index is 0.166. The van der Waals surface area contributed by atoms with Gasteiger partial charge in [-0.3, -0.25) is 0 Å². The van der Waals surface area contributed by atoms with Crippen molar-refractivity contribution in [2.24, 2.45) is 0 Å². The van der Waals surface area contributed by atoms with Crippen molar-refractivity contribution in [3.05, 3.63) is 53.1 Å². The lowest BCUT2D eigenvalue weighted by molar-refractivity contribution is 0.0220. The number of carbonyl (C=O) groups is 2. The number of hydrogen-bond acceptors (Lipinski definition) is 9. The van der Waals surface area contributed by atoms with E-state index in [1.807, 2.05) is 0 Å². The standard InChI is InChI=1S/C30H38F2N2O7/c1-37-26-18-22-19-27(28(26)38-2)39-14-3-6-25(41-30(36)21-16-23(31)20-24(32)17-21)7-11-34-9-4-8-33(12-13-34)10-5-15-40-29(22)35/h16-20,25H,3-15H2,1-2H3. The normalized spacial score (nSPS) is 22.6. The van der Waals surface area contributed by atoms with Crippen LogP contribution in [0.4, 0.5) is 8.78 Å². The van der Waals surface area contributed by atoms with E-state index < -0.39 is 29.7 Å². The molecule has 2 aromatic carbocycles. The SMILES string of the molecule is COc1cc2cc(c1OC)OCCCC(OC(=O)c1cc(F)cc(F)c1)CCN1CCCN(CCCOC2=O)CC1. The lowest BCUT2D eigenvalue weighted by atomic mass is 10.1. The van der Waals surface area contributed by atoms with Crippen LogP contribution in [0.5, 0.6) is 17.2 Å². The van der Waals surface area contributed by atoms with Crippen molar-refractivity contribution in [2.75, 3.05) is 66.7 Å². The number of nitrogens with zero attached hydrogens (tertiary/aromatic N) is 2. The summed E-state index contributed by atoms with van der Waals surface area (Å²) in [6, 6.07) is 5.78. The van der Waals surface area contributed by atoms with Gasteiger partial charge in [0.2, 0.25) is 5.75 Å². The predicted molar refractivity (Wildman–Crippen MR) is 147 cm³/mol. The first-order valence-electron chi connectivity index (χ1n) is 14.0. The molecule has 1 saturated heterocycles. The summed E-state index contributed by atoms with van der Waals surface area (Å²) in [6.07, 6.45) is 2.75. The molecule has 4 bridgehead atoms. The van der Waals surface area contributed by atoms with Crippen molar-refractivity contribution in [1.29, 1.82) is 0 Å². The van der Waals surface area contributed by atoms with Crippen molar-refractivity contribution in [3.8, 4) is 17.2 Å². The average Bonchev–Trinajstić information content (AvgIpc) is 3.19. The fraction of sp³-hybridized carbons (Fsp3) is 0.533. The molecule has 0 aromatic heterocycles. The molecule has 3 unspecified atom stereocenters. The summed E-state index contributed by atoms with van der Waals surface area (Å²) >= 11 is 0. The minimum Gasteiger partial charge on any atom is -0.493 e. The number of cyclic esters (lactones) is 1. The summed E-state index contributed by atoms with van der Waals surface area (Å²) in [4.78, 5) is 30.3. The Morgan fingerprint density at radius 2 is 1.49 bits per heavy atom. The number of benzene rings is 2. The van der Waals surface area contributed by atoms with Gasteiger partial charge in [-0.25, -0.2) is 18.4 Å². The molecule has 11 heteroatoms. The van der Waals surface area contributed by atoms with E-state index in [0.29, 0.717) is 55.6 Å². The highest BCUT2D eigenvalue weighted by Gasteiger charge is 2.22. The molecule has 2 aromatic rings. The van der Waals surface area contributed by atoms with Gasteiger partial charge >= 0.3 is 11.9 Å². The summed E-state index contributed by atoms with van der Waals surface area (Å²) in [7, 11) is 2.96. The van der Waals surface area contributed by atoms with Crippen molar-refractivity contribution in [1.82, 2.24) is 9.80 Å². The molecule has 0 aliphatic carbocycles. The van der Waals surface area contributed by atoms with Crippen LogP contribution in [-0.2, 0) is 9.47 Å². The molecule has 0 amide bonds.